The van der Waals surface area contributed by atoms with E-state index in [0.717, 1.165) is 23.1 Å². The minimum atomic E-state index is -0.641. The van der Waals surface area contributed by atoms with Crippen molar-refractivity contribution in [3.8, 4) is 5.75 Å². The van der Waals surface area contributed by atoms with Gasteiger partial charge >= 0.3 is 5.69 Å². The Hall–Kier alpha value is -2.55. The standard InChI is InChI=1S/C21H29BrN4O4/c1-3-5-13-26-19(23)18(20(28)24-21(26)29)25(12-4-2)17(27)7-6-14-30-16-10-8-15(22)9-11-16/h8-11H,3-7,12-14,23H2,1-2H3,(H,24,28,29). The van der Waals surface area contributed by atoms with Crippen LogP contribution < -0.4 is 26.6 Å². The number of aromatic amines is 1. The molecule has 8 nitrogen and oxygen atoms in total. The van der Waals surface area contributed by atoms with E-state index in [2.05, 4.69) is 20.9 Å². The van der Waals surface area contributed by atoms with Crippen LogP contribution in [0, 0.1) is 0 Å². The molecule has 1 aromatic carbocycles. The minimum Gasteiger partial charge on any atom is -0.494 e. The fraction of sp³-hybridized carbons (Fsp3) is 0.476. The minimum absolute atomic E-state index is 0.0325. The van der Waals surface area contributed by atoms with Gasteiger partial charge in [-0.05, 0) is 43.5 Å². The summed E-state index contributed by atoms with van der Waals surface area (Å²) in [6.45, 7) is 5.01. The highest BCUT2D eigenvalue weighted by Crippen LogP contribution is 2.20. The summed E-state index contributed by atoms with van der Waals surface area (Å²) >= 11 is 3.37. The molecule has 0 saturated heterocycles. The largest absolute Gasteiger partial charge is 0.494 e. The third-order valence-electron chi connectivity index (χ3n) is 4.58. The lowest BCUT2D eigenvalue weighted by Gasteiger charge is -2.24. The SMILES string of the molecule is CCCCn1c(N)c(N(CCC)C(=O)CCCOc2ccc(Br)cc2)c(=O)[nH]c1=O. The molecule has 0 aliphatic rings. The van der Waals surface area contributed by atoms with E-state index >= 15 is 0 Å². The van der Waals surface area contributed by atoms with Gasteiger partial charge in [-0.3, -0.25) is 19.1 Å². The predicted octanol–water partition coefficient (Wildman–Crippen LogP) is 3.28. The summed E-state index contributed by atoms with van der Waals surface area (Å²) in [7, 11) is 0. The second-order valence-corrected chi connectivity index (χ2v) is 7.87. The Labute approximate surface area is 184 Å². The lowest BCUT2D eigenvalue weighted by atomic mass is 10.2. The van der Waals surface area contributed by atoms with E-state index in [9.17, 15) is 14.4 Å². The number of H-pyrrole nitrogens is 1. The van der Waals surface area contributed by atoms with E-state index in [1.807, 2.05) is 38.1 Å². The van der Waals surface area contributed by atoms with Crippen LogP contribution in [0.1, 0.15) is 46.0 Å². The maximum absolute atomic E-state index is 12.9. The zero-order valence-electron chi connectivity index (χ0n) is 17.4. The fourth-order valence-corrected chi connectivity index (χ4v) is 3.30. The zero-order valence-corrected chi connectivity index (χ0v) is 19.0. The number of unbranched alkanes of at least 4 members (excludes halogenated alkanes) is 1. The van der Waals surface area contributed by atoms with Gasteiger partial charge in [-0.1, -0.05) is 36.2 Å². The highest BCUT2D eigenvalue weighted by Gasteiger charge is 2.23. The zero-order chi connectivity index (χ0) is 22.1. The molecular formula is C21H29BrN4O4. The number of halogens is 1. The van der Waals surface area contributed by atoms with Crippen molar-refractivity contribution >= 4 is 33.3 Å². The number of aromatic nitrogens is 2. The van der Waals surface area contributed by atoms with Gasteiger partial charge in [0.2, 0.25) is 5.91 Å². The lowest BCUT2D eigenvalue weighted by molar-refractivity contribution is -0.118. The van der Waals surface area contributed by atoms with Crippen molar-refractivity contribution in [3.05, 3.63) is 49.6 Å². The summed E-state index contributed by atoms with van der Waals surface area (Å²) in [5, 5.41) is 0. The highest BCUT2D eigenvalue weighted by atomic mass is 79.9. The van der Waals surface area contributed by atoms with Crippen LogP contribution >= 0.6 is 15.9 Å². The number of hydrogen-bond acceptors (Lipinski definition) is 5. The number of carbonyl (C=O) groups is 1. The van der Waals surface area contributed by atoms with Crippen molar-refractivity contribution in [3.63, 3.8) is 0 Å². The van der Waals surface area contributed by atoms with Crippen molar-refractivity contribution in [2.45, 2.75) is 52.5 Å². The third kappa shape index (κ3) is 6.22. The summed E-state index contributed by atoms with van der Waals surface area (Å²) in [6, 6.07) is 7.45. The molecule has 1 aromatic heterocycles. The van der Waals surface area contributed by atoms with Gasteiger partial charge in [0.25, 0.3) is 5.56 Å². The van der Waals surface area contributed by atoms with E-state index < -0.39 is 11.2 Å². The number of ether oxygens (including phenoxy) is 1. The third-order valence-corrected chi connectivity index (χ3v) is 5.11. The number of nitrogens with one attached hydrogen (secondary N) is 1. The van der Waals surface area contributed by atoms with Gasteiger partial charge < -0.3 is 15.4 Å². The van der Waals surface area contributed by atoms with E-state index in [0.29, 0.717) is 32.5 Å². The Morgan fingerprint density at radius 1 is 1.17 bits per heavy atom. The second-order valence-electron chi connectivity index (χ2n) is 6.95. The molecule has 0 fully saturated rings. The van der Waals surface area contributed by atoms with Gasteiger partial charge in [0, 0.05) is 24.0 Å². The normalized spacial score (nSPS) is 10.8. The van der Waals surface area contributed by atoms with E-state index in [4.69, 9.17) is 10.5 Å². The van der Waals surface area contributed by atoms with Crippen LogP contribution in [0.3, 0.4) is 0 Å². The number of benzene rings is 1. The number of rotatable bonds is 11. The molecule has 0 aliphatic heterocycles. The molecule has 1 amide bonds. The lowest BCUT2D eigenvalue weighted by Crippen LogP contribution is -2.41. The first-order valence-electron chi connectivity index (χ1n) is 10.2. The monoisotopic (exact) mass is 480 g/mol. The summed E-state index contributed by atoms with van der Waals surface area (Å²) in [4.78, 5) is 41.2. The molecule has 30 heavy (non-hydrogen) atoms. The summed E-state index contributed by atoms with van der Waals surface area (Å²) in [5.41, 5.74) is 5.01. The Bertz CT molecular complexity index is 953. The molecule has 0 aliphatic carbocycles. The number of nitrogen functional groups attached to an aromatic ring is 1. The van der Waals surface area contributed by atoms with Crippen LogP contribution in [-0.4, -0.2) is 28.6 Å². The maximum Gasteiger partial charge on any atom is 0.330 e. The van der Waals surface area contributed by atoms with Gasteiger partial charge in [-0.25, -0.2) is 4.79 Å². The topological polar surface area (TPSA) is 110 Å². The Morgan fingerprint density at radius 3 is 2.50 bits per heavy atom. The highest BCUT2D eigenvalue weighted by molar-refractivity contribution is 9.10. The van der Waals surface area contributed by atoms with Gasteiger partial charge in [0.05, 0.1) is 6.61 Å². The average Bonchev–Trinajstić information content (AvgIpc) is 2.71. The Balaban J connectivity index is 2.12. The predicted molar refractivity (Wildman–Crippen MR) is 122 cm³/mol. The number of nitrogens with zero attached hydrogens (tertiary/aromatic N) is 2. The van der Waals surface area contributed by atoms with Gasteiger partial charge in [0.1, 0.15) is 11.6 Å². The molecule has 0 spiro atoms. The molecule has 164 valence electrons. The molecule has 0 bridgehead atoms. The molecule has 0 atom stereocenters. The first-order valence-corrected chi connectivity index (χ1v) is 11.0. The second kappa shape index (κ2) is 11.6. The first-order chi connectivity index (χ1) is 14.4. The van der Waals surface area contributed by atoms with Gasteiger partial charge in [-0.15, -0.1) is 0 Å². The van der Waals surface area contributed by atoms with Crippen LogP contribution in [0.4, 0.5) is 11.5 Å². The summed E-state index contributed by atoms with van der Waals surface area (Å²) < 4.78 is 7.94. The summed E-state index contributed by atoms with van der Waals surface area (Å²) in [5.74, 6) is 0.527. The number of anilines is 2. The number of hydrogen-bond donors (Lipinski definition) is 2. The fourth-order valence-electron chi connectivity index (χ4n) is 3.04. The number of nitrogens with two attached hydrogens (primary N) is 1. The van der Waals surface area contributed by atoms with Crippen molar-refractivity contribution in [2.75, 3.05) is 23.8 Å². The molecule has 2 aromatic rings. The van der Waals surface area contributed by atoms with E-state index in [1.54, 1.807) is 0 Å². The number of carbonyl (C=O) groups excluding carboxylic acids is 1. The molecule has 9 heteroatoms. The Morgan fingerprint density at radius 2 is 1.87 bits per heavy atom. The average molecular weight is 481 g/mol. The molecule has 0 saturated carbocycles. The quantitative estimate of drug-likeness (QED) is 0.479. The molecule has 1 heterocycles. The van der Waals surface area contributed by atoms with Gasteiger partial charge in [0.15, 0.2) is 5.69 Å². The molecule has 0 radical (unpaired) electrons. The van der Waals surface area contributed by atoms with Crippen LogP contribution in [0.5, 0.6) is 5.75 Å². The number of amides is 1. The van der Waals surface area contributed by atoms with Crippen LogP contribution in [-0.2, 0) is 11.3 Å². The smallest absolute Gasteiger partial charge is 0.330 e. The van der Waals surface area contributed by atoms with Crippen LogP contribution in [0.15, 0.2) is 38.3 Å². The first kappa shape index (κ1) is 23.7. The van der Waals surface area contributed by atoms with Crippen molar-refractivity contribution in [2.24, 2.45) is 0 Å². The van der Waals surface area contributed by atoms with Crippen molar-refractivity contribution in [1.29, 1.82) is 0 Å². The molecular weight excluding hydrogens is 452 g/mol. The van der Waals surface area contributed by atoms with E-state index in [-0.39, 0.29) is 23.8 Å². The van der Waals surface area contributed by atoms with E-state index in [1.165, 1.54) is 9.47 Å². The summed E-state index contributed by atoms with van der Waals surface area (Å²) in [6.07, 6.45) is 2.95. The molecule has 3 N–H and O–H groups in total. The van der Waals surface area contributed by atoms with Crippen molar-refractivity contribution in [1.82, 2.24) is 9.55 Å². The molecule has 0 unspecified atom stereocenters. The maximum atomic E-state index is 12.9. The van der Waals surface area contributed by atoms with Crippen molar-refractivity contribution < 1.29 is 9.53 Å². The van der Waals surface area contributed by atoms with Crippen LogP contribution in [0.2, 0.25) is 0 Å². The van der Waals surface area contributed by atoms with Gasteiger partial charge in [-0.2, -0.15) is 0 Å². The molecule has 2 rings (SSSR count). The van der Waals surface area contributed by atoms with Crippen LogP contribution in [0.25, 0.3) is 0 Å². The Kier molecular flexibility index (Phi) is 9.16.